The lowest BCUT2D eigenvalue weighted by atomic mass is 10.2. The van der Waals surface area contributed by atoms with Crippen molar-refractivity contribution in [2.75, 3.05) is 12.4 Å². The van der Waals surface area contributed by atoms with Crippen LogP contribution in [0.5, 0.6) is 0 Å². The summed E-state index contributed by atoms with van der Waals surface area (Å²) >= 11 is 13.6. The molecule has 3 nitrogen and oxygen atoms in total. The van der Waals surface area contributed by atoms with Crippen molar-refractivity contribution in [3.63, 3.8) is 0 Å². The van der Waals surface area contributed by atoms with Crippen LogP contribution < -0.4 is 0 Å². The van der Waals surface area contributed by atoms with E-state index in [1.165, 1.54) is 11.8 Å². The van der Waals surface area contributed by atoms with Crippen molar-refractivity contribution >= 4 is 46.0 Å². The van der Waals surface area contributed by atoms with Gasteiger partial charge in [0.25, 0.3) is 0 Å². The number of carbonyl (C=O) groups excluding carboxylic acids is 1. The molecule has 0 radical (unpaired) electrons. The van der Waals surface area contributed by atoms with E-state index in [4.69, 9.17) is 27.9 Å². The second-order valence-corrected chi connectivity index (χ2v) is 5.41. The van der Waals surface area contributed by atoms with E-state index >= 15 is 0 Å². The molecule has 1 aliphatic rings. The van der Waals surface area contributed by atoms with Crippen molar-refractivity contribution < 1.29 is 9.53 Å². The Morgan fingerprint density at radius 3 is 3.06 bits per heavy atom. The third-order valence-electron chi connectivity index (χ3n) is 2.39. The lowest BCUT2D eigenvalue weighted by molar-refractivity contribution is -0.143. The molecule has 1 unspecified atom stereocenters. The lowest BCUT2D eigenvalue weighted by Gasteiger charge is -2.04. The van der Waals surface area contributed by atoms with Crippen molar-refractivity contribution in [3.8, 4) is 0 Å². The summed E-state index contributed by atoms with van der Waals surface area (Å²) in [7, 11) is 0. The summed E-state index contributed by atoms with van der Waals surface area (Å²) in [5.41, 5.74) is 0.765. The number of benzene rings is 1. The highest BCUT2D eigenvalue weighted by Gasteiger charge is 2.27. The monoisotopic (exact) mass is 303 g/mol. The molecular weight excluding hydrogens is 293 g/mol. The van der Waals surface area contributed by atoms with E-state index in [0.29, 0.717) is 22.4 Å². The summed E-state index contributed by atoms with van der Waals surface area (Å²) < 4.78 is 4.95. The number of ether oxygens (including phenoxy) is 1. The number of thioether (sulfide) groups is 1. The van der Waals surface area contributed by atoms with E-state index in [-0.39, 0.29) is 5.97 Å². The fourth-order valence-electron chi connectivity index (χ4n) is 1.55. The Morgan fingerprint density at radius 2 is 2.33 bits per heavy atom. The molecule has 0 amide bonds. The number of hydrogen-bond acceptors (Lipinski definition) is 4. The van der Waals surface area contributed by atoms with Crippen LogP contribution in [0, 0.1) is 0 Å². The molecule has 2 rings (SSSR count). The normalized spacial score (nSPS) is 18.6. The summed E-state index contributed by atoms with van der Waals surface area (Å²) in [6, 6.07) is 4.92. The molecule has 1 aromatic carbocycles. The molecule has 1 atom stereocenters. The van der Waals surface area contributed by atoms with Gasteiger partial charge in [-0.3, -0.25) is 4.99 Å². The highest BCUT2D eigenvalue weighted by Crippen LogP contribution is 2.32. The maximum atomic E-state index is 11.6. The summed E-state index contributed by atoms with van der Waals surface area (Å²) in [5, 5.41) is 1.69. The van der Waals surface area contributed by atoms with E-state index in [2.05, 4.69) is 4.99 Å². The first kappa shape index (κ1) is 13.7. The van der Waals surface area contributed by atoms with Gasteiger partial charge in [-0.25, -0.2) is 4.79 Å². The fourth-order valence-corrected chi connectivity index (χ4v) is 3.05. The van der Waals surface area contributed by atoms with Crippen molar-refractivity contribution in [2.24, 2.45) is 4.99 Å². The molecule has 1 aliphatic heterocycles. The summed E-state index contributed by atoms with van der Waals surface area (Å²) in [5.74, 6) is 0.287. The van der Waals surface area contributed by atoms with Crippen LogP contribution in [-0.2, 0) is 9.53 Å². The van der Waals surface area contributed by atoms with Gasteiger partial charge in [0.2, 0.25) is 0 Å². The third kappa shape index (κ3) is 2.82. The molecule has 0 spiro atoms. The third-order valence-corrected chi connectivity index (χ3v) is 4.29. The smallest absolute Gasteiger partial charge is 0.331 e. The van der Waals surface area contributed by atoms with Crippen LogP contribution in [0.3, 0.4) is 0 Å². The molecule has 6 heteroatoms. The fraction of sp³-hybridized carbons (Fsp3) is 0.333. The molecule has 0 aliphatic carbocycles. The topological polar surface area (TPSA) is 38.7 Å². The van der Waals surface area contributed by atoms with Crippen molar-refractivity contribution in [3.05, 3.63) is 33.8 Å². The Bertz CT molecular complexity index is 505. The minimum Gasteiger partial charge on any atom is -0.464 e. The van der Waals surface area contributed by atoms with Crippen LogP contribution >= 0.6 is 35.0 Å². The zero-order valence-electron chi connectivity index (χ0n) is 9.65. The largest absolute Gasteiger partial charge is 0.464 e. The number of nitrogens with zero attached hydrogens (tertiary/aromatic N) is 1. The first-order valence-electron chi connectivity index (χ1n) is 5.45. The minimum absolute atomic E-state index is 0.293. The van der Waals surface area contributed by atoms with Crippen LogP contribution in [-0.4, -0.2) is 29.4 Å². The molecule has 96 valence electrons. The molecule has 1 aromatic rings. The van der Waals surface area contributed by atoms with Gasteiger partial charge in [-0.2, -0.15) is 0 Å². The van der Waals surface area contributed by atoms with Gasteiger partial charge in [-0.1, -0.05) is 35.3 Å². The van der Waals surface area contributed by atoms with Gasteiger partial charge >= 0.3 is 5.97 Å². The van der Waals surface area contributed by atoms with Crippen LogP contribution in [0.4, 0.5) is 0 Å². The average Bonchev–Trinajstić information content (AvgIpc) is 2.82. The van der Waals surface area contributed by atoms with Crippen LogP contribution in [0.25, 0.3) is 0 Å². The number of esters is 1. The van der Waals surface area contributed by atoms with Gasteiger partial charge in [0.05, 0.1) is 16.7 Å². The Labute approximate surface area is 120 Å². The number of rotatable bonds is 3. The second kappa shape index (κ2) is 5.95. The van der Waals surface area contributed by atoms with Gasteiger partial charge < -0.3 is 4.74 Å². The standard InChI is InChI=1S/C12H11Cl2NO2S/c1-2-17-12(16)9-6-18-11(15-9)7-4-3-5-8(13)10(7)14/h3-5,9H,2,6H2,1H3. The van der Waals surface area contributed by atoms with E-state index in [9.17, 15) is 4.79 Å². The van der Waals surface area contributed by atoms with Crippen LogP contribution in [0.2, 0.25) is 10.0 Å². The van der Waals surface area contributed by atoms with Crippen molar-refractivity contribution in [2.45, 2.75) is 13.0 Å². The SMILES string of the molecule is CCOC(=O)C1CSC(c2cccc(Cl)c2Cl)=N1. The van der Waals surface area contributed by atoms with Gasteiger partial charge in [0.15, 0.2) is 6.04 Å². The molecule has 0 saturated heterocycles. The molecule has 0 saturated carbocycles. The number of aliphatic imine (C=N–C) groups is 1. The van der Waals surface area contributed by atoms with Gasteiger partial charge in [-0.15, -0.1) is 11.8 Å². The number of hydrogen-bond donors (Lipinski definition) is 0. The van der Waals surface area contributed by atoms with Crippen LogP contribution in [0.1, 0.15) is 12.5 Å². The molecular formula is C12H11Cl2NO2S. The minimum atomic E-state index is -0.444. The van der Waals surface area contributed by atoms with Gasteiger partial charge in [-0.05, 0) is 13.0 Å². The number of carbonyl (C=O) groups is 1. The molecule has 0 N–H and O–H groups in total. The predicted molar refractivity (Wildman–Crippen MR) is 75.9 cm³/mol. The van der Waals surface area contributed by atoms with Crippen LogP contribution in [0.15, 0.2) is 23.2 Å². The van der Waals surface area contributed by atoms with E-state index in [1.807, 2.05) is 12.1 Å². The summed E-state index contributed by atoms with van der Waals surface area (Å²) in [6.07, 6.45) is 0. The highest BCUT2D eigenvalue weighted by molar-refractivity contribution is 8.14. The summed E-state index contributed by atoms with van der Waals surface area (Å²) in [4.78, 5) is 15.9. The average molecular weight is 304 g/mol. The Kier molecular flexibility index (Phi) is 4.54. The highest BCUT2D eigenvalue weighted by atomic mass is 35.5. The number of halogens is 2. The molecule has 0 bridgehead atoms. The molecule has 0 aromatic heterocycles. The molecule has 1 heterocycles. The predicted octanol–water partition coefficient (Wildman–Crippen LogP) is 3.42. The zero-order chi connectivity index (χ0) is 13.1. The summed E-state index contributed by atoms with van der Waals surface area (Å²) in [6.45, 7) is 2.14. The van der Waals surface area contributed by atoms with Gasteiger partial charge in [0, 0.05) is 11.3 Å². The Morgan fingerprint density at radius 1 is 1.56 bits per heavy atom. The quantitative estimate of drug-likeness (QED) is 0.803. The molecule has 0 fully saturated rings. The van der Waals surface area contributed by atoms with Crippen molar-refractivity contribution in [1.82, 2.24) is 0 Å². The first-order valence-corrected chi connectivity index (χ1v) is 7.19. The first-order chi connectivity index (χ1) is 8.63. The van der Waals surface area contributed by atoms with Gasteiger partial charge in [0.1, 0.15) is 5.04 Å². The molecule has 18 heavy (non-hydrogen) atoms. The maximum absolute atomic E-state index is 11.6. The van der Waals surface area contributed by atoms with Crippen molar-refractivity contribution in [1.29, 1.82) is 0 Å². The Hall–Kier alpha value is -0.710. The zero-order valence-corrected chi connectivity index (χ0v) is 12.0. The lowest BCUT2D eigenvalue weighted by Crippen LogP contribution is -2.21. The van der Waals surface area contributed by atoms with E-state index in [1.54, 1.807) is 13.0 Å². The maximum Gasteiger partial charge on any atom is 0.331 e. The van der Waals surface area contributed by atoms with E-state index < -0.39 is 6.04 Å². The Balaban J connectivity index is 2.23. The van der Waals surface area contributed by atoms with E-state index in [0.717, 1.165) is 10.6 Å². The second-order valence-electron chi connectivity index (χ2n) is 3.61.